The highest BCUT2D eigenvalue weighted by Crippen LogP contribution is 2.30. The Bertz CT molecular complexity index is 1270. The second-order valence-corrected chi connectivity index (χ2v) is 8.30. The standard InChI is InChI=1S/C23H21N5O3S.ClH/c1-17-3-9-20-21(15-17)32-23(25-20)27(13-2-12-26-14-11-24-16-26)22(29)10-6-18-4-7-19(8-5-18)28(30)31;/h3-11,14-16H,2,12-13H2,1H3;1H/b10-6+;. The highest BCUT2D eigenvalue weighted by Gasteiger charge is 2.18. The molecule has 1 amide bonds. The first-order valence-electron chi connectivity index (χ1n) is 10.1. The van der Waals surface area contributed by atoms with Crippen LogP contribution in [0.15, 0.2) is 67.3 Å². The predicted molar refractivity (Wildman–Crippen MR) is 133 cm³/mol. The SMILES string of the molecule is Cc1ccc2nc(N(CCCn3ccnc3)C(=O)/C=C/c3ccc([N+](=O)[O-])cc3)sc2c1.Cl. The second kappa shape index (κ2) is 10.8. The molecule has 0 aliphatic carbocycles. The van der Waals surface area contributed by atoms with Gasteiger partial charge in [-0.25, -0.2) is 9.97 Å². The topological polar surface area (TPSA) is 94.2 Å². The third kappa shape index (κ3) is 6.03. The zero-order valence-corrected chi connectivity index (χ0v) is 19.5. The number of aryl methyl sites for hydroxylation is 2. The van der Waals surface area contributed by atoms with E-state index in [1.807, 2.05) is 29.8 Å². The van der Waals surface area contributed by atoms with Crippen molar-refractivity contribution in [2.45, 2.75) is 19.9 Å². The third-order valence-corrected chi connectivity index (χ3v) is 5.95. The smallest absolute Gasteiger partial charge is 0.269 e. The molecular formula is C23H22ClN5O3S. The number of nitro benzene ring substituents is 1. The molecule has 0 unspecified atom stereocenters. The molecule has 2 aromatic heterocycles. The minimum atomic E-state index is -0.449. The maximum atomic E-state index is 13.1. The van der Waals surface area contributed by atoms with Gasteiger partial charge in [0.2, 0.25) is 0 Å². The fourth-order valence-electron chi connectivity index (χ4n) is 3.23. The fraction of sp³-hybridized carbons (Fsp3) is 0.174. The molecule has 0 atom stereocenters. The highest BCUT2D eigenvalue weighted by atomic mass is 35.5. The molecule has 0 bridgehead atoms. The minimum absolute atomic E-state index is 0. The number of thiazole rings is 1. The normalized spacial score (nSPS) is 10.9. The largest absolute Gasteiger partial charge is 0.337 e. The van der Waals surface area contributed by atoms with Gasteiger partial charge in [-0.3, -0.25) is 19.8 Å². The summed E-state index contributed by atoms with van der Waals surface area (Å²) in [4.78, 5) is 33.9. The number of anilines is 1. The Morgan fingerprint density at radius 1 is 1.24 bits per heavy atom. The van der Waals surface area contributed by atoms with Gasteiger partial charge in [0.05, 0.1) is 21.5 Å². The van der Waals surface area contributed by atoms with Crippen LogP contribution >= 0.6 is 23.7 Å². The summed E-state index contributed by atoms with van der Waals surface area (Å²) in [5.41, 5.74) is 2.73. The number of carbonyl (C=O) groups is 1. The van der Waals surface area contributed by atoms with Crippen LogP contribution in [0.2, 0.25) is 0 Å². The van der Waals surface area contributed by atoms with E-state index in [4.69, 9.17) is 0 Å². The van der Waals surface area contributed by atoms with Crippen LogP contribution in [0.3, 0.4) is 0 Å². The zero-order valence-electron chi connectivity index (χ0n) is 17.8. The van der Waals surface area contributed by atoms with Crippen molar-refractivity contribution in [2.24, 2.45) is 0 Å². The van der Waals surface area contributed by atoms with E-state index in [9.17, 15) is 14.9 Å². The molecule has 2 heterocycles. The second-order valence-electron chi connectivity index (χ2n) is 7.29. The molecule has 0 spiro atoms. The number of benzene rings is 2. The van der Waals surface area contributed by atoms with Crippen molar-refractivity contribution in [3.8, 4) is 0 Å². The molecule has 0 aliphatic heterocycles. The number of nitrogens with zero attached hydrogens (tertiary/aromatic N) is 5. The van der Waals surface area contributed by atoms with Crippen LogP contribution in [0.1, 0.15) is 17.5 Å². The summed E-state index contributed by atoms with van der Waals surface area (Å²) in [6, 6.07) is 12.1. The Hall–Kier alpha value is -3.56. The van der Waals surface area contributed by atoms with E-state index in [0.29, 0.717) is 17.2 Å². The van der Waals surface area contributed by atoms with Gasteiger partial charge >= 0.3 is 0 Å². The molecule has 0 saturated heterocycles. The third-order valence-electron chi connectivity index (χ3n) is 4.91. The van der Waals surface area contributed by atoms with E-state index in [-0.39, 0.29) is 24.0 Å². The van der Waals surface area contributed by atoms with Crippen LogP contribution in [-0.2, 0) is 11.3 Å². The van der Waals surface area contributed by atoms with Gasteiger partial charge < -0.3 is 4.57 Å². The van der Waals surface area contributed by atoms with Crippen molar-refractivity contribution in [3.63, 3.8) is 0 Å². The number of carbonyl (C=O) groups excluding carboxylic acids is 1. The monoisotopic (exact) mass is 483 g/mol. The molecule has 10 heteroatoms. The van der Waals surface area contributed by atoms with E-state index >= 15 is 0 Å². The van der Waals surface area contributed by atoms with Crippen LogP contribution in [0.4, 0.5) is 10.8 Å². The lowest BCUT2D eigenvalue weighted by molar-refractivity contribution is -0.384. The van der Waals surface area contributed by atoms with Crippen LogP contribution in [0.25, 0.3) is 16.3 Å². The maximum Gasteiger partial charge on any atom is 0.269 e. The molecule has 0 radical (unpaired) electrons. The van der Waals surface area contributed by atoms with Crippen molar-refractivity contribution in [1.82, 2.24) is 14.5 Å². The zero-order chi connectivity index (χ0) is 22.5. The number of hydrogen-bond acceptors (Lipinski definition) is 6. The fourth-order valence-corrected chi connectivity index (χ4v) is 4.33. The predicted octanol–water partition coefficient (Wildman–Crippen LogP) is 5.27. The van der Waals surface area contributed by atoms with Crippen LogP contribution in [0.5, 0.6) is 0 Å². The van der Waals surface area contributed by atoms with E-state index < -0.39 is 4.92 Å². The van der Waals surface area contributed by atoms with E-state index in [1.165, 1.54) is 29.5 Å². The summed E-state index contributed by atoms with van der Waals surface area (Å²) in [5, 5.41) is 11.5. The number of halogens is 1. The molecule has 4 aromatic rings. The molecule has 0 aliphatic rings. The van der Waals surface area contributed by atoms with Crippen molar-refractivity contribution in [3.05, 3.63) is 88.5 Å². The number of nitro groups is 1. The van der Waals surface area contributed by atoms with Gasteiger partial charge in [-0.2, -0.15) is 0 Å². The minimum Gasteiger partial charge on any atom is -0.337 e. The van der Waals surface area contributed by atoms with E-state index in [2.05, 4.69) is 16.0 Å². The average Bonchev–Trinajstić information content (AvgIpc) is 3.44. The van der Waals surface area contributed by atoms with Gasteiger partial charge in [0.15, 0.2) is 5.13 Å². The van der Waals surface area contributed by atoms with Crippen LogP contribution in [-0.4, -0.2) is 31.9 Å². The molecule has 8 nitrogen and oxygen atoms in total. The number of rotatable bonds is 8. The Kier molecular flexibility index (Phi) is 7.92. The molecule has 0 saturated carbocycles. The molecule has 4 rings (SSSR count). The summed E-state index contributed by atoms with van der Waals surface area (Å²) in [7, 11) is 0. The number of non-ortho nitro benzene ring substituents is 1. The summed E-state index contributed by atoms with van der Waals surface area (Å²) in [5.74, 6) is -0.190. The van der Waals surface area contributed by atoms with Gasteiger partial charge in [0.25, 0.3) is 11.6 Å². The number of amides is 1. The first-order valence-corrected chi connectivity index (χ1v) is 10.9. The highest BCUT2D eigenvalue weighted by molar-refractivity contribution is 7.22. The van der Waals surface area contributed by atoms with E-state index in [1.54, 1.807) is 35.6 Å². The Morgan fingerprint density at radius 3 is 2.73 bits per heavy atom. The first-order chi connectivity index (χ1) is 15.5. The van der Waals surface area contributed by atoms with Gasteiger partial charge in [-0.15, -0.1) is 12.4 Å². The van der Waals surface area contributed by atoms with Crippen LogP contribution in [0, 0.1) is 17.0 Å². The summed E-state index contributed by atoms with van der Waals surface area (Å²) in [6.45, 7) is 3.26. The summed E-state index contributed by atoms with van der Waals surface area (Å²) >= 11 is 1.49. The van der Waals surface area contributed by atoms with Gasteiger partial charge in [0.1, 0.15) is 0 Å². The van der Waals surface area contributed by atoms with Crippen LogP contribution < -0.4 is 4.90 Å². The maximum absolute atomic E-state index is 13.1. The Morgan fingerprint density at radius 2 is 2.03 bits per heavy atom. The molecule has 33 heavy (non-hydrogen) atoms. The summed E-state index contributed by atoms with van der Waals surface area (Å²) < 4.78 is 3.00. The molecule has 170 valence electrons. The molecular weight excluding hydrogens is 462 g/mol. The lowest BCUT2D eigenvalue weighted by Gasteiger charge is -2.18. The van der Waals surface area contributed by atoms with Crippen molar-refractivity contribution in [2.75, 3.05) is 11.4 Å². The molecule has 0 N–H and O–H groups in total. The lowest BCUT2D eigenvalue weighted by Crippen LogP contribution is -2.30. The van der Waals surface area contributed by atoms with Gasteiger partial charge in [-0.05, 0) is 54.8 Å². The Balaban J connectivity index is 0.00000306. The van der Waals surface area contributed by atoms with E-state index in [0.717, 1.165) is 28.7 Å². The number of hydrogen-bond donors (Lipinski definition) is 0. The van der Waals surface area contributed by atoms with Crippen molar-refractivity contribution >= 4 is 56.8 Å². The summed E-state index contributed by atoms with van der Waals surface area (Å²) in [6.07, 6.45) is 9.25. The van der Waals surface area contributed by atoms with Crippen molar-refractivity contribution < 1.29 is 9.72 Å². The lowest BCUT2D eigenvalue weighted by atomic mass is 10.2. The quantitative estimate of drug-likeness (QED) is 0.193. The van der Waals surface area contributed by atoms with Gasteiger partial charge in [-0.1, -0.05) is 17.4 Å². The Labute approximate surface area is 200 Å². The number of fused-ring (bicyclic) bond motifs is 1. The molecule has 2 aromatic carbocycles. The van der Waals surface area contributed by atoms with Crippen molar-refractivity contribution in [1.29, 1.82) is 0 Å². The number of aromatic nitrogens is 3. The first kappa shape index (κ1) is 24.1. The van der Waals surface area contributed by atoms with Gasteiger partial charge in [0, 0.05) is 43.7 Å². The average molecular weight is 484 g/mol. The molecule has 0 fully saturated rings. The number of imidazole rings is 1.